The third-order valence-electron chi connectivity index (χ3n) is 5.44. The number of halogens is 1. The second-order valence-corrected chi connectivity index (χ2v) is 7.80. The average Bonchev–Trinajstić information content (AvgIpc) is 3.48. The van der Waals surface area contributed by atoms with Gasteiger partial charge in [-0.1, -0.05) is 12.1 Å². The quantitative estimate of drug-likeness (QED) is 0.188. The Morgan fingerprint density at radius 2 is 2.00 bits per heavy atom. The van der Waals surface area contributed by atoms with E-state index in [0.29, 0.717) is 19.8 Å². The Balaban J connectivity index is 0.00000363. The molecule has 0 saturated carbocycles. The number of guanidine groups is 1. The van der Waals surface area contributed by atoms with Gasteiger partial charge in [0.15, 0.2) is 5.96 Å². The van der Waals surface area contributed by atoms with Crippen LogP contribution in [0.2, 0.25) is 0 Å². The highest BCUT2D eigenvalue weighted by Crippen LogP contribution is 2.25. The van der Waals surface area contributed by atoms with Crippen molar-refractivity contribution in [3.63, 3.8) is 0 Å². The fourth-order valence-electron chi connectivity index (χ4n) is 3.80. The predicted molar refractivity (Wildman–Crippen MR) is 139 cm³/mol. The minimum Gasteiger partial charge on any atom is -0.491 e. The maximum atomic E-state index is 5.91. The summed E-state index contributed by atoms with van der Waals surface area (Å²) >= 11 is 0. The molecule has 0 aliphatic carbocycles. The maximum Gasteiger partial charge on any atom is 0.191 e. The molecule has 1 unspecified atom stereocenters. The molecule has 3 rings (SSSR count). The molecular formula is C24H37IN4O3. The fourth-order valence-corrected chi connectivity index (χ4v) is 3.80. The molecule has 0 radical (unpaired) electrons. The topological polar surface area (TPSA) is 71.3 Å². The smallest absolute Gasteiger partial charge is 0.191 e. The molecular weight excluding hydrogens is 519 g/mol. The van der Waals surface area contributed by atoms with Crippen LogP contribution < -0.4 is 15.4 Å². The molecule has 8 heteroatoms. The van der Waals surface area contributed by atoms with Crippen LogP contribution >= 0.6 is 24.0 Å². The highest BCUT2D eigenvalue weighted by Gasteiger charge is 2.25. The summed E-state index contributed by atoms with van der Waals surface area (Å²) < 4.78 is 16.8. The minimum atomic E-state index is 0. The van der Waals surface area contributed by atoms with Gasteiger partial charge in [-0.2, -0.15) is 0 Å². The summed E-state index contributed by atoms with van der Waals surface area (Å²) in [5.41, 5.74) is 2.22. The SMILES string of the molecule is CCNC(=NCc1ccc(C)cc1OCCOC)NCC(c1ccco1)N1CCCC1.I. The lowest BCUT2D eigenvalue weighted by Gasteiger charge is -2.26. The molecule has 2 N–H and O–H groups in total. The lowest BCUT2D eigenvalue weighted by Crippen LogP contribution is -2.42. The Kier molecular flexibility index (Phi) is 11.9. The number of nitrogens with one attached hydrogen (secondary N) is 2. The Bertz CT molecular complexity index is 808. The number of rotatable bonds is 11. The van der Waals surface area contributed by atoms with E-state index in [1.54, 1.807) is 13.4 Å². The summed E-state index contributed by atoms with van der Waals surface area (Å²) in [7, 11) is 1.68. The first kappa shape index (κ1) is 26.5. The number of likely N-dealkylation sites (tertiary alicyclic amines) is 1. The molecule has 1 fully saturated rings. The molecule has 1 saturated heterocycles. The predicted octanol–water partition coefficient (Wildman–Crippen LogP) is 4.12. The standard InChI is InChI=1S/C24H36N4O3.HI/c1-4-25-24(26-17-20-10-9-19(2)16-23(20)31-15-14-29-3)27-18-21(22-8-7-13-30-22)28-11-5-6-12-28;/h7-10,13,16,21H,4-6,11-12,14-15,17-18H2,1-3H3,(H2,25,26,27);1H. The van der Waals surface area contributed by atoms with Gasteiger partial charge in [-0.15, -0.1) is 24.0 Å². The number of aryl methyl sites for hydroxylation is 1. The van der Waals surface area contributed by atoms with Gasteiger partial charge < -0.3 is 24.5 Å². The molecule has 7 nitrogen and oxygen atoms in total. The van der Waals surface area contributed by atoms with Crippen LogP contribution in [0.15, 0.2) is 46.0 Å². The Morgan fingerprint density at radius 3 is 2.69 bits per heavy atom. The molecule has 1 aromatic heterocycles. The van der Waals surface area contributed by atoms with Gasteiger partial charge in [0.2, 0.25) is 0 Å². The normalized spacial score (nSPS) is 15.3. The van der Waals surface area contributed by atoms with Crippen LogP contribution in [0.1, 0.15) is 42.7 Å². The lowest BCUT2D eigenvalue weighted by atomic mass is 10.1. The number of nitrogens with zero attached hydrogens (tertiary/aromatic N) is 2. The van der Waals surface area contributed by atoms with Gasteiger partial charge in [0.05, 0.1) is 25.5 Å². The third kappa shape index (κ3) is 7.97. The zero-order valence-electron chi connectivity index (χ0n) is 19.4. The highest BCUT2D eigenvalue weighted by atomic mass is 127. The zero-order valence-corrected chi connectivity index (χ0v) is 21.8. The van der Waals surface area contributed by atoms with Crippen molar-refractivity contribution in [2.24, 2.45) is 4.99 Å². The number of methoxy groups -OCH3 is 1. The van der Waals surface area contributed by atoms with Gasteiger partial charge in [-0.25, -0.2) is 4.99 Å². The molecule has 1 aromatic carbocycles. The largest absolute Gasteiger partial charge is 0.491 e. The molecule has 1 aliphatic rings. The van der Waals surface area contributed by atoms with Crippen LogP contribution in [0, 0.1) is 6.92 Å². The van der Waals surface area contributed by atoms with E-state index in [1.165, 1.54) is 12.8 Å². The number of benzene rings is 1. The first-order valence-corrected chi connectivity index (χ1v) is 11.2. The van der Waals surface area contributed by atoms with Crippen molar-refractivity contribution in [3.05, 3.63) is 53.5 Å². The zero-order chi connectivity index (χ0) is 21.9. The van der Waals surface area contributed by atoms with Crippen LogP contribution in [-0.2, 0) is 11.3 Å². The van der Waals surface area contributed by atoms with Crippen molar-refractivity contribution in [3.8, 4) is 5.75 Å². The lowest BCUT2D eigenvalue weighted by molar-refractivity contribution is 0.145. The molecule has 0 amide bonds. The average molecular weight is 556 g/mol. The van der Waals surface area contributed by atoms with Gasteiger partial charge in [-0.3, -0.25) is 4.90 Å². The minimum absolute atomic E-state index is 0. The molecule has 2 aromatic rings. The summed E-state index contributed by atoms with van der Waals surface area (Å²) in [6.07, 6.45) is 4.23. The summed E-state index contributed by atoms with van der Waals surface area (Å²) in [5.74, 6) is 2.65. The monoisotopic (exact) mass is 556 g/mol. The first-order chi connectivity index (χ1) is 15.2. The van der Waals surface area contributed by atoms with Crippen LogP contribution in [-0.4, -0.2) is 57.4 Å². The van der Waals surface area contributed by atoms with Gasteiger partial charge in [0.1, 0.15) is 18.1 Å². The van der Waals surface area contributed by atoms with E-state index in [1.807, 2.05) is 6.07 Å². The van der Waals surface area contributed by atoms with Crippen molar-refractivity contribution < 1.29 is 13.9 Å². The van der Waals surface area contributed by atoms with Crippen LogP contribution in [0.5, 0.6) is 5.75 Å². The molecule has 1 atom stereocenters. The Hall–Kier alpha value is -1.78. The number of ether oxygens (including phenoxy) is 2. The van der Waals surface area contributed by atoms with Crippen molar-refractivity contribution in [1.82, 2.24) is 15.5 Å². The number of hydrogen-bond acceptors (Lipinski definition) is 5. The van der Waals surface area contributed by atoms with Gasteiger partial charge in [-0.05, 0) is 63.5 Å². The molecule has 0 spiro atoms. The van der Waals surface area contributed by atoms with Crippen molar-refractivity contribution in [1.29, 1.82) is 0 Å². The number of hydrogen-bond donors (Lipinski definition) is 2. The summed E-state index contributed by atoms with van der Waals surface area (Å²) in [4.78, 5) is 7.30. The summed E-state index contributed by atoms with van der Waals surface area (Å²) in [6.45, 7) is 9.51. The van der Waals surface area contributed by atoms with Gasteiger partial charge >= 0.3 is 0 Å². The van der Waals surface area contributed by atoms with Crippen molar-refractivity contribution in [2.45, 2.75) is 39.3 Å². The van der Waals surface area contributed by atoms with E-state index in [0.717, 1.165) is 54.8 Å². The fraction of sp³-hybridized carbons (Fsp3) is 0.542. The van der Waals surface area contributed by atoms with Crippen LogP contribution in [0.25, 0.3) is 0 Å². The van der Waals surface area contributed by atoms with Gasteiger partial charge in [0.25, 0.3) is 0 Å². The molecule has 0 bridgehead atoms. The van der Waals surface area contributed by atoms with Crippen molar-refractivity contribution >= 4 is 29.9 Å². The van der Waals surface area contributed by atoms with E-state index in [9.17, 15) is 0 Å². The van der Waals surface area contributed by atoms with Crippen molar-refractivity contribution in [2.75, 3.05) is 46.5 Å². The molecule has 2 heterocycles. The van der Waals surface area contributed by atoms with Crippen LogP contribution in [0.3, 0.4) is 0 Å². The van der Waals surface area contributed by atoms with E-state index in [4.69, 9.17) is 18.9 Å². The first-order valence-electron chi connectivity index (χ1n) is 11.2. The highest BCUT2D eigenvalue weighted by molar-refractivity contribution is 14.0. The van der Waals surface area contributed by atoms with E-state index < -0.39 is 0 Å². The second kappa shape index (κ2) is 14.4. The summed E-state index contributed by atoms with van der Waals surface area (Å²) in [6, 6.07) is 10.5. The molecule has 32 heavy (non-hydrogen) atoms. The van der Waals surface area contributed by atoms with Gasteiger partial charge in [0, 0.05) is 25.8 Å². The second-order valence-electron chi connectivity index (χ2n) is 7.80. The van der Waals surface area contributed by atoms with E-state index in [2.05, 4.69) is 53.6 Å². The number of furan rings is 1. The molecule has 178 valence electrons. The van der Waals surface area contributed by atoms with Crippen LogP contribution in [0.4, 0.5) is 0 Å². The van der Waals surface area contributed by atoms with E-state index in [-0.39, 0.29) is 30.0 Å². The Labute approximate surface area is 209 Å². The molecule has 1 aliphatic heterocycles. The Morgan fingerprint density at radius 1 is 1.19 bits per heavy atom. The summed E-state index contributed by atoms with van der Waals surface area (Å²) in [5, 5.41) is 6.87. The maximum absolute atomic E-state index is 5.91. The van der Waals surface area contributed by atoms with E-state index >= 15 is 0 Å². The number of aliphatic imine (C=N–C) groups is 1. The third-order valence-corrected chi connectivity index (χ3v) is 5.44.